The Balaban J connectivity index is 4.10. The van der Waals surface area contributed by atoms with Crippen molar-refractivity contribution in [1.29, 1.82) is 0 Å². The molecule has 360 valence electrons. The van der Waals surface area contributed by atoms with E-state index in [1.54, 1.807) is 0 Å². The number of ether oxygens (including phenoxy) is 4. The maximum Gasteiger partial charge on any atom is 0.361 e. The number of esters is 2. The van der Waals surface area contributed by atoms with E-state index in [2.05, 4.69) is 26.0 Å². The zero-order chi connectivity index (χ0) is 44.9. The van der Waals surface area contributed by atoms with Gasteiger partial charge in [0.05, 0.1) is 34.4 Å². The number of unbranched alkanes of at least 4 members (excludes halogenated alkanes) is 31. The van der Waals surface area contributed by atoms with Gasteiger partial charge in [0.25, 0.3) is 6.29 Å². The van der Waals surface area contributed by atoms with Gasteiger partial charge in [-0.15, -0.1) is 0 Å². The number of carboxylic acids is 1. The average molecular weight is 867 g/mol. The van der Waals surface area contributed by atoms with Gasteiger partial charge in [-0.1, -0.05) is 212 Å². The number of likely N-dealkylation sites (N-methyl/N-ethyl adjacent to an activating group) is 1. The maximum absolute atomic E-state index is 12.7. The predicted molar refractivity (Wildman–Crippen MR) is 254 cm³/mol. The van der Waals surface area contributed by atoms with Gasteiger partial charge in [-0.25, -0.2) is 4.79 Å². The number of quaternary nitrogens is 1. The summed E-state index contributed by atoms with van der Waals surface area (Å²) in [4.78, 5) is 37.1. The summed E-state index contributed by atoms with van der Waals surface area (Å²) in [6, 6.07) is 0. The Kier molecular flexibility index (Phi) is 43.2. The SMILES string of the molecule is CCC/C=C\CCCCCCCC(=O)OC(COC(=O)CCCCCCCCCCCCCCCCCCCCCCCCCCCC)COC(OCC[N+](C)(C)C)C(=O)O. The van der Waals surface area contributed by atoms with Gasteiger partial charge in [0.1, 0.15) is 13.2 Å². The van der Waals surface area contributed by atoms with Crippen molar-refractivity contribution in [2.24, 2.45) is 0 Å². The molecule has 9 nitrogen and oxygen atoms in total. The molecule has 0 radical (unpaired) electrons. The van der Waals surface area contributed by atoms with Crippen LogP contribution in [0.15, 0.2) is 12.2 Å². The lowest BCUT2D eigenvalue weighted by Gasteiger charge is -2.25. The van der Waals surface area contributed by atoms with Crippen molar-refractivity contribution < 1.29 is 42.9 Å². The van der Waals surface area contributed by atoms with Crippen molar-refractivity contribution in [2.75, 3.05) is 47.5 Å². The van der Waals surface area contributed by atoms with E-state index in [0.717, 1.165) is 57.8 Å². The molecule has 0 saturated carbocycles. The lowest BCUT2D eigenvalue weighted by Crippen LogP contribution is -2.40. The van der Waals surface area contributed by atoms with Crippen molar-refractivity contribution in [3.63, 3.8) is 0 Å². The lowest BCUT2D eigenvalue weighted by molar-refractivity contribution is -0.870. The topological polar surface area (TPSA) is 108 Å². The standard InChI is InChI=1S/C52H99NO8/c1-6-8-10-12-14-16-18-19-20-21-22-23-24-25-26-27-28-29-30-31-32-33-35-36-38-40-42-49(54)59-46-48(47-60-52(51(56)57)58-45-44-53(3,4)5)61-50(55)43-41-39-37-34-17-15-13-11-9-7-2/h11,13,48,52H,6-10,12,14-47H2,1-5H3/p+1/b13-11-. The second-order valence-corrected chi connectivity index (χ2v) is 18.8. The summed E-state index contributed by atoms with van der Waals surface area (Å²) in [5.74, 6) is -2.01. The van der Waals surface area contributed by atoms with E-state index >= 15 is 0 Å². The molecule has 0 aromatic heterocycles. The van der Waals surface area contributed by atoms with Crippen LogP contribution < -0.4 is 0 Å². The van der Waals surface area contributed by atoms with Crippen LogP contribution >= 0.6 is 0 Å². The van der Waals surface area contributed by atoms with Gasteiger partial charge < -0.3 is 28.5 Å². The molecule has 2 atom stereocenters. The fourth-order valence-electron chi connectivity index (χ4n) is 7.49. The summed E-state index contributed by atoms with van der Waals surface area (Å²) in [7, 11) is 5.96. The number of aliphatic carboxylic acids is 1. The van der Waals surface area contributed by atoms with Gasteiger partial charge in [-0.05, 0) is 32.1 Å². The number of hydrogen-bond acceptors (Lipinski definition) is 7. The fourth-order valence-corrected chi connectivity index (χ4v) is 7.49. The van der Waals surface area contributed by atoms with E-state index in [4.69, 9.17) is 18.9 Å². The molecule has 0 aromatic rings. The molecule has 61 heavy (non-hydrogen) atoms. The first kappa shape index (κ1) is 59.0. The van der Waals surface area contributed by atoms with E-state index < -0.39 is 24.3 Å². The summed E-state index contributed by atoms with van der Waals surface area (Å²) in [6.07, 6.45) is 45.9. The van der Waals surface area contributed by atoms with Crippen molar-refractivity contribution >= 4 is 17.9 Å². The number of nitrogens with zero attached hydrogens (tertiary/aromatic N) is 1. The largest absolute Gasteiger partial charge is 0.477 e. The third-order valence-electron chi connectivity index (χ3n) is 11.5. The molecule has 0 aliphatic carbocycles. The molecule has 1 N–H and O–H groups in total. The summed E-state index contributed by atoms with van der Waals surface area (Å²) >= 11 is 0. The summed E-state index contributed by atoms with van der Waals surface area (Å²) < 4.78 is 22.7. The lowest BCUT2D eigenvalue weighted by atomic mass is 10.0. The molecule has 0 amide bonds. The van der Waals surface area contributed by atoms with Gasteiger partial charge in [0.2, 0.25) is 0 Å². The third kappa shape index (κ3) is 45.9. The molecule has 9 heteroatoms. The quantitative estimate of drug-likeness (QED) is 0.0212. The fraction of sp³-hybridized carbons (Fsp3) is 0.904. The molecule has 0 spiro atoms. The Morgan fingerprint density at radius 2 is 0.869 bits per heavy atom. The van der Waals surface area contributed by atoms with Crippen LogP contribution in [-0.2, 0) is 33.3 Å². The first-order valence-corrected chi connectivity index (χ1v) is 25.9. The van der Waals surface area contributed by atoms with Crippen LogP contribution in [0, 0.1) is 0 Å². The van der Waals surface area contributed by atoms with Crippen LogP contribution in [0.5, 0.6) is 0 Å². The number of carbonyl (C=O) groups is 3. The minimum absolute atomic E-state index is 0.180. The highest BCUT2D eigenvalue weighted by atomic mass is 16.7. The first-order chi connectivity index (χ1) is 29.6. The van der Waals surface area contributed by atoms with Gasteiger partial charge >= 0.3 is 17.9 Å². The molecule has 0 fully saturated rings. The zero-order valence-electron chi connectivity index (χ0n) is 40.8. The molecule has 0 aliphatic rings. The smallest absolute Gasteiger partial charge is 0.361 e. The normalized spacial score (nSPS) is 12.9. The average Bonchev–Trinajstić information content (AvgIpc) is 3.22. The Hall–Kier alpha value is -1.97. The second kappa shape index (κ2) is 44.6. The van der Waals surface area contributed by atoms with Gasteiger partial charge in [0, 0.05) is 12.8 Å². The summed E-state index contributed by atoms with van der Waals surface area (Å²) in [5.41, 5.74) is 0. The Labute approximate surface area is 376 Å². The molecule has 0 aromatic carbocycles. The van der Waals surface area contributed by atoms with Crippen molar-refractivity contribution in [3.8, 4) is 0 Å². The van der Waals surface area contributed by atoms with E-state index in [1.165, 1.54) is 154 Å². The Bertz CT molecular complexity index is 1010. The summed E-state index contributed by atoms with van der Waals surface area (Å²) in [6.45, 7) is 4.83. The minimum atomic E-state index is -1.51. The first-order valence-electron chi connectivity index (χ1n) is 25.9. The highest BCUT2D eigenvalue weighted by Gasteiger charge is 2.25. The van der Waals surface area contributed by atoms with E-state index in [1.807, 2.05) is 21.1 Å². The Morgan fingerprint density at radius 3 is 1.28 bits per heavy atom. The van der Waals surface area contributed by atoms with E-state index in [0.29, 0.717) is 23.9 Å². The summed E-state index contributed by atoms with van der Waals surface area (Å²) in [5, 5.41) is 9.64. The third-order valence-corrected chi connectivity index (χ3v) is 11.5. The minimum Gasteiger partial charge on any atom is -0.477 e. The van der Waals surface area contributed by atoms with Crippen molar-refractivity contribution in [2.45, 2.75) is 257 Å². The van der Waals surface area contributed by atoms with Crippen LogP contribution in [-0.4, -0.2) is 87.4 Å². The van der Waals surface area contributed by atoms with E-state index in [9.17, 15) is 19.5 Å². The van der Waals surface area contributed by atoms with Crippen LogP contribution in [0.25, 0.3) is 0 Å². The number of rotatable bonds is 48. The second-order valence-electron chi connectivity index (χ2n) is 18.8. The number of hydrogen-bond donors (Lipinski definition) is 1. The number of carbonyl (C=O) groups excluding carboxylic acids is 2. The van der Waals surface area contributed by atoms with Crippen molar-refractivity contribution in [1.82, 2.24) is 0 Å². The van der Waals surface area contributed by atoms with Crippen LogP contribution in [0.2, 0.25) is 0 Å². The molecular weight excluding hydrogens is 767 g/mol. The van der Waals surface area contributed by atoms with Crippen LogP contribution in [0.1, 0.15) is 245 Å². The molecular formula is C52H100NO8+. The van der Waals surface area contributed by atoms with Gasteiger partial charge in [-0.3, -0.25) is 9.59 Å². The highest BCUT2D eigenvalue weighted by Crippen LogP contribution is 2.17. The molecule has 0 rings (SSSR count). The van der Waals surface area contributed by atoms with E-state index in [-0.39, 0.29) is 32.2 Å². The van der Waals surface area contributed by atoms with Crippen molar-refractivity contribution in [3.05, 3.63) is 12.2 Å². The van der Waals surface area contributed by atoms with Gasteiger partial charge in [0.15, 0.2) is 6.10 Å². The highest BCUT2D eigenvalue weighted by molar-refractivity contribution is 5.71. The molecule has 0 aliphatic heterocycles. The number of allylic oxidation sites excluding steroid dienone is 2. The molecule has 0 bridgehead atoms. The van der Waals surface area contributed by atoms with Crippen LogP contribution in [0.3, 0.4) is 0 Å². The molecule has 0 saturated heterocycles. The monoisotopic (exact) mass is 867 g/mol. The number of carboxylic acid groups (broad SMARTS) is 1. The molecule has 2 unspecified atom stereocenters. The van der Waals surface area contributed by atoms with Crippen LogP contribution in [0.4, 0.5) is 0 Å². The maximum atomic E-state index is 12.7. The zero-order valence-corrected chi connectivity index (χ0v) is 40.8. The molecule has 0 heterocycles. The Morgan fingerprint density at radius 1 is 0.475 bits per heavy atom. The predicted octanol–water partition coefficient (Wildman–Crippen LogP) is 14.2. The van der Waals surface area contributed by atoms with Gasteiger partial charge in [-0.2, -0.15) is 0 Å².